The summed E-state index contributed by atoms with van der Waals surface area (Å²) in [5.74, 6) is 0.509. The molecular weight excluding hydrogens is 296 g/mol. The Kier molecular flexibility index (Phi) is 3.15. The van der Waals surface area contributed by atoms with Gasteiger partial charge in [-0.3, -0.25) is 10.0 Å². The van der Waals surface area contributed by atoms with E-state index in [1.54, 1.807) is 0 Å². The minimum Gasteiger partial charge on any atom is -0.262 e. The number of benzene rings is 2. The average Bonchev–Trinajstić information content (AvgIpc) is 2.68. The van der Waals surface area contributed by atoms with Crippen molar-refractivity contribution in [2.75, 3.05) is 10.0 Å². The van der Waals surface area contributed by atoms with E-state index in [-0.39, 0.29) is 6.04 Å². The van der Waals surface area contributed by atoms with Gasteiger partial charge >= 0.3 is 0 Å². The maximum atomic E-state index is 4.77. The number of hydrogen-bond donors (Lipinski definition) is 0. The van der Waals surface area contributed by atoms with Crippen LogP contribution in [0.3, 0.4) is 0 Å². The smallest absolute Gasteiger partial charge is 0.0848 e. The van der Waals surface area contributed by atoms with Gasteiger partial charge < -0.3 is 0 Å². The highest BCUT2D eigenvalue weighted by Crippen LogP contribution is 2.49. The minimum atomic E-state index is 0.281. The molecule has 0 aliphatic carbocycles. The van der Waals surface area contributed by atoms with E-state index in [9.17, 15) is 0 Å². The molecule has 0 saturated carbocycles. The maximum absolute atomic E-state index is 4.77. The van der Waals surface area contributed by atoms with Crippen molar-refractivity contribution in [3.63, 3.8) is 0 Å². The lowest BCUT2D eigenvalue weighted by molar-refractivity contribution is 0.294. The van der Waals surface area contributed by atoms with Crippen LogP contribution in [0.15, 0.2) is 64.8 Å². The quantitative estimate of drug-likeness (QED) is 0.789. The summed E-state index contributed by atoms with van der Waals surface area (Å²) in [6.07, 6.45) is 7.38. The van der Waals surface area contributed by atoms with E-state index in [0.29, 0.717) is 12.0 Å². The lowest BCUT2D eigenvalue weighted by atomic mass is 9.77. The lowest BCUT2D eigenvalue weighted by Gasteiger charge is -2.50. The number of hydrazone groups is 2. The van der Waals surface area contributed by atoms with Crippen molar-refractivity contribution in [3.8, 4) is 0 Å². The molecule has 0 unspecified atom stereocenters. The zero-order valence-electron chi connectivity index (χ0n) is 13.5. The van der Waals surface area contributed by atoms with Gasteiger partial charge in [0.1, 0.15) is 0 Å². The van der Waals surface area contributed by atoms with Crippen LogP contribution in [0.25, 0.3) is 0 Å². The number of rotatable bonds is 1. The Morgan fingerprint density at radius 1 is 0.833 bits per heavy atom. The third kappa shape index (κ3) is 1.99. The first-order chi connectivity index (χ1) is 11.9. The molecule has 0 N–H and O–H groups in total. The Labute approximate surface area is 142 Å². The second-order valence-electron chi connectivity index (χ2n) is 6.67. The molecule has 0 amide bonds. The van der Waals surface area contributed by atoms with Gasteiger partial charge in [-0.15, -0.1) is 0 Å². The Bertz CT molecular complexity index is 798. The van der Waals surface area contributed by atoms with Gasteiger partial charge in [-0.25, -0.2) is 0 Å². The number of fused-ring (bicyclic) bond motifs is 6. The van der Waals surface area contributed by atoms with Crippen LogP contribution < -0.4 is 10.0 Å². The van der Waals surface area contributed by atoms with Crippen LogP contribution >= 0.6 is 0 Å². The number of hydrogen-bond acceptors (Lipinski definition) is 4. The lowest BCUT2D eigenvalue weighted by Crippen LogP contribution is -2.51. The van der Waals surface area contributed by atoms with Crippen LogP contribution in [0.4, 0.5) is 11.4 Å². The van der Waals surface area contributed by atoms with Crippen LogP contribution in [-0.2, 0) is 0 Å². The zero-order valence-corrected chi connectivity index (χ0v) is 13.5. The maximum Gasteiger partial charge on any atom is 0.0848 e. The van der Waals surface area contributed by atoms with Crippen molar-refractivity contribution in [1.82, 2.24) is 0 Å². The second-order valence-corrected chi connectivity index (χ2v) is 6.67. The van der Waals surface area contributed by atoms with E-state index in [4.69, 9.17) is 10.2 Å². The summed E-state index contributed by atoms with van der Waals surface area (Å²) in [5.41, 5.74) is 3.72. The van der Waals surface area contributed by atoms with Gasteiger partial charge in [0.2, 0.25) is 0 Å². The van der Waals surface area contributed by atoms with Gasteiger partial charge in [-0.05, 0) is 37.5 Å². The molecule has 120 valence electrons. The Morgan fingerprint density at radius 2 is 1.62 bits per heavy atom. The van der Waals surface area contributed by atoms with Crippen LogP contribution in [0.5, 0.6) is 0 Å². The van der Waals surface area contributed by atoms with Crippen molar-refractivity contribution in [3.05, 3.63) is 60.2 Å². The first-order valence-corrected chi connectivity index (χ1v) is 8.71. The molecule has 0 bridgehead atoms. The van der Waals surface area contributed by atoms with Crippen molar-refractivity contribution >= 4 is 23.8 Å². The van der Waals surface area contributed by atoms with Gasteiger partial charge in [-0.2, -0.15) is 10.2 Å². The standard InChI is InChI=1S/C20H20N4/c1-2-7-15(8-3-1)23-20-16-9-4-5-10-18(16)24-19(11-6-13-21-24)17(20)12-14-22-23/h1-5,7-10,13-14,17,19-20H,6,11-12H2/t17-,19-,20+/m1/s1. The van der Waals surface area contributed by atoms with Crippen LogP contribution in [-0.4, -0.2) is 18.5 Å². The van der Waals surface area contributed by atoms with Gasteiger partial charge in [0.15, 0.2) is 0 Å². The Morgan fingerprint density at radius 3 is 2.54 bits per heavy atom. The van der Waals surface area contributed by atoms with E-state index < -0.39 is 0 Å². The molecule has 0 saturated heterocycles. The largest absolute Gasteiger partial charge is 0.262 e. The topological polar surface area (TPSA) is 31.2 Å². The van der Waals surface area contributed by atoms with E-state index in [1.807, 2.05) is 0 Å². The molecular formula is C20H20N4. The highest BCUT2D eigenvalue weighted by molar-refractivity contribution is 5.71. The van der Waals surface area contributed by atoms with Gasteiger partial charge in [-0.1, -0.05) is 36.4 Å². The Hall–Kier alpha value is -2.62. The highest BCUT2D eigenvalue weighted by atomic mass is 15.5. The molecule has 3 heterocycles. The molecule has 0 spiro atoms. The third-order valence-electron chi connectivity index (χ3n) is 5.38. The van der Waals surface area contributed by atoms with E-state index in [0.717, 1.165) is 24.9 Å². The fraction of sp³-hybridized carbons (Fsp3) is 0.300. The summed E-state index contributed by atoms with van der Waals surface area (Å²) >= 11 is 0. The Balaban J connectivity index is 1.68. The predicted molar refractivity (Wildman–Crippen MR) is 98.7 cm³/mol. The van der Waals surface area contributed by atoms with E-state index >= 15 is 0 Å². The second kappa shape index (κ2) is 5.48. The molecule has 5 rings (SSSR count). The van der Waals surface area contributed by atoms with Crippen molar-refractivity contribution < 1.29 is 0 Å². The highest BCUT2D eigenvalue weighted by Gasteiger charge is 2.45. The van der Waals surface area contributed by atoms with Gasteiger partial charge in [0.25, 0.3) is 0 Å². The molecule has 24 heavy (non-hydrogen) atoms. The van der Waals surface area contributed by atoms with Crippen LogP contribution in [0.2, 0.25) is 0 Å². The van der Waals surface area contributed by atoms with Crippen molar-refractivity contribution in [2.45, 2.75) is 31.3 Å². The van der Waals surface area contributed by atoms with Gasteiger partial charge in [0, 0.05) is 23.9 Å². The van der Waals surface area contributed by atoms with E-state index in [2.05, 4.69) is 77.0 Å². The minimum absolute atomic E-state index is 0.281. The molecule has 4 nitrogen and oxygen atoms in total. The number of anilines is 2. The molecule has 2 aromatic carbocycles. The molecule has 0 aromatic heterocycles. The van der Waals surface area contributed by atoms with Crippen molar-refractivity contribution in [1.29, 1.82) is 0 Å². The molecule has 0 fully saturated rings. The molecule has 3 aliphatic heterocycles. The molecule has 2 aromatic rings. The summed E-state index contributed by atoms with van der Waals surface area (Å²) in [6.45, 7) is 0. The van der Waals surface area contributed by atoms with Crippen LogP contribution in [0.1, 0.15) is 30.9 Å². The zero-order chi connectivity index (χ0) is 15.9. The summed E-state index contributed by atoms with van der Waals surface area (Å²) in [6, 6.07) is 19.9. The number of nitrogens with zero attached hydrogens (tertiary/aromatic N) is 4. The SMILES string of the molecule is C1=NN2c3ccccc3[C@H]3[C@H](CC=NN3c3ccccc3)[C@H]2CC1. The molecule has 3 aliphatic rings. The first kappa shape index (κ1) is 13.8. The van der Waals surface area contributed by atoms with Gasteiger partial charge in [0.05, 0.1) is 23.5 Å². The van der Waals surface area contributed by atoms with E-state index in [1.165, 1.54) is 11.3 Å². The fourth-order valence-electron chi connectivity index (χ4n) is 4.36. The molecule has 0 radical (unpaired) electrons. The summed E-state index contributed by atoms with van der Waals surface area (Å²) < 4.78 is 0. The normalized spacial score (nSPS) is 27.4. The fourth-order valence-corrected chi connectivity index (χ4v) is 4.36. The first-order valence-electron chi connectivity index (χ1n) is 8.71. The summed E-state index contributed by atoms with van der Waals surface area (Å²) in [4.78, 5) is 0. The van der Waals surface area contributed by atoms with Crippen LogP contribution in [0, 0.1) is 5.92 Å². The average molecular weight is 316 g/mol. The monoisotopic (exact) mass is 316 g/mol. The van der Waals surface area contributed by atoms with Crippen molar-refractivity contribution in [2.24, 2.45) is 16.1 Å². The summed E-state index contributed by atoms with van der Waals surface area (Å²) in [7, 11) is 0. The molecule has 4 heteroatoms. The number of para-hydroxylation sites is 2. The third-order valence-corrected chi connectivity index (χ3v) is 5.38. The predicted octanol–water partition coefficient (Wildman–Crippen LogP) is 4.21. The molecule has 3 atom stereocenters. The summed E-state index contributed by atoms with van der Waals surface area (Å²) in [5, 5.41) is 14.0.